The summed E-state index contributed by atoms with van der Waals surface area (Å²) in [6.45, 7) is 2.76. The van der Waals surface area contributed by atoms with Crippen molar-refractivity contribution in [1.29, 1.82) is 0 Å². The number of hydrogen-bond acceptors (Lipinski definition) is 9. The maximum Gasteiger partial charge on any atom is 0.347 e. The summed E-state index contributed by atoms with van der Waals surface area (Å²) < 4.78 is 15.6. The van der Waals surface area contributed by atoms with Crippen LogP contribution >= 0.6 is 0 Å². The van der Waals surface area contributed by atoms with Crippen LogP contribution in [0.4, 0.5) is 0 Å². The van der Waals surface area contributed by atoms with E-state index >= 15 is 0 Å². The van der Waals surface area contributed by atoms with Gasteiger partial charge in [-0.1, -0.05) is 12.1 Å². The number of carbonyl (C=O) groups is 5. The molecule has 2 aromatic heterocycles. The summed E-state index contributed by atoms with van der Waals surface area (Å²) >= 11 is 0. The average Bonchev–Trinajstić information content (AvgIpc) is 3.20. The first-order valence-electron chi connectivity index (χ1n) is 10.5. The second-order valence-corrected chi connectivity index (χ2v) is 7.81. The molecule has 4 rings (SSSR count). The summed E-state index contributed by atoms with van der Waals surface area (Å²) in [4.78, 5) is 66.0. The van der Waals surface area contributed by atoms with Crippen molar-refractivity contribution in [2.75, 3.05) is 7.11 Å². The number of pyridine rings is 1. The molecule has 10 nitrogen and oxygen atoms in total. The van der Waals surface area contributed by atoms with Gasteiger partial charge in [-0.25, -0.2) is 9.59 Å². The number of furan rings is 1. The Hall–Kier alpha value is -4.60. The van der Waals surface area contributed by atoms with Gasteiger partial charge in [-0.15, -0.1) is 0 Å². The van der Waals surface area contributed by atoms with Gasteiger partial charge in [0, 0.05) is 19.5 Å². The van der Waals surface area contributed by atoms with Gasteiger partial charge in [0.05, 0.1) is 18.2 Å². The number of benzene rings is 1. The number of rotatable bonds is 6. The van der Waals surface area contributed by atoms with E-state index in [1.54, 1.807) is 12.1 Å². The Balaban J connectivity index is 1.55. The van der Waals surface area contributed by atoms with Crippen molar-refractivity contribution in [1.82, 2.24) is 10.3 Å². The van der Waals surface area contributed by atoms with Crippen LogP contribution < -0.4 is 10.1 Å². The summed E-state index contributed by atoms with van der Waals surface area (Å²) in [6.07, 6.45) is 1.55. The fraction of sp³-hybridized carbons (Fsp3) is 0.200. The van der Waals surface area contributed by atoms with Crippen LogP contribution in [0, 0.1) is 6.92 Å². The highest BCUT2D eigenvalue weighted by Gasteiger charge is 2.40. The minimum atomic E-state index is -0.869. The third kappa shape index (κ3) is 4.45. The van der Waals surface area contributed by atoms with Crippen LogP contribution in [0.3, 0.4) is 0 Å². The molecule has 0 unspecified atom stereocenters. The number of nitrogens with one attached hydrogen (secondary N) is 1. The number of methoxy groups -OCH3 is 1. The standard InChI is InChI=1S/C25H20N2O8/c1-12-18(19-22(30)20-16(5-4-10-26-20)21(29)23(19)34-12)25(32)35-15-8-6-14(7-9-15)11-17(24(31)33-3)27-13(2)28/h4-10,17H,11H2,1-3H3,(H,27,28)/t17-/m0/s1. The first-order valence-corrected chi connectivity index (χ1v) is 10.5. The van der Waals surface area contributed by atoms with Gasteiger partial charge in [0.25, 0.3) is 0 Å². The number of amides is 1. The Bertz CT molecular complexity index is 1370. The van der Waals surface area contributed by atoms with Gasteiger partial charge in [-0.2, -0.15) is 0 Å². The molecule has 10 heteroatoms. The molecular weight excluding hydrogens is 456 g/mol. The lowest BCUT2D eigenvalue weighted by Crippen LogP contribution is -2.41. The molecule has 3 aromatic rings. The number of hydrogen-bond donors (Lipinski definition) is 1. The predicted molar refractivity (Wildman–Crippen MR) is 119 cm³/mol. The number of ketones is 2. The van der Waals surface area contributed by atoms with E-state index in [1.165, 1.54) is 51.4 Å². The van der Waals surface area contributed by atoms with Gasteiger partial charge in [0.2, 0.25) is 17.5 Å². The van der Waals surface area contributed by atoms with Crippen molar-refractivity contribution in [3.8, 4) is 5.75 Å². The van der Waals surface area contributed by atoms with Crippen molar-refractivity contribution in [3.05, 3.63) is 82.1 Å². The molecule has 1 atom stereocenters. The molecule has 1 N–H and O–H groups in total. The molecule has 0 saturated heterocycles. The summed E-state index contributed by atoms with van der Waals surface area (Å²) in [6, 6.07) is 8.38. The largest absolute Gasteiger partial charge is 0.467 e. The second kappa shape index (κ2) is 9.34. The number of fused-ring (bicyclic) bond motifs is 2. The van der Waals surface area contributed by atoms with E-state index in [4.69, 9.17) is 13.9 Å². The molecule has 1 aliphatic carbocycles. The molecule has 2 heterocycles. The molecule has 0 bridgehead atoms. The Morgan fingerprint density at radius 3 is 2.46 bits per heavy atom. The van der Waals surface area contributed by atoms with Crippen LogP contribution in [-0.2, 0) is 20.7 Å². The van der Waals surface area contributed by atoms with E-state index in [0.717, 1.165) is 0 Å². The van der Waals surface area contributed by atoms with Crippen LogP contribution in [0.5, 0.6) is 5.75 Å². The number of nitrogens with zero attached hydrogens (tertiary/aromatic N) is 1. The van der Waals surface area contributed by atoms with Crippen LogP contribution in [0.15, 0.2) is 47.0 Å². The number of ether oxygens (including phenoxy) is 2. The summed E-state index contributed by atoms with van der Waals surface area (Å²) in [5, 5.41) is 2.52. The molecule has 1 aliphatic rings. The van der Waals surface area contributed by atoms with Gasteiger partial charge in [-0.05, 0) is 36.8 Å². The maximum absolute atomic E-state index is 13.0. The fourth-order valence-electron chi connectivity index (χ4n) is 3.85. The third-order valence-corrected chi connectivity index (χ3v) is 5.43. The van der Waals surface area contributed by atoms with Gasteiger partial charge in [-0.3, -0.25) is 19.4 Å². The van der Waals surface area contributed by atoms with Gasteiger partial charge in [0.15, 0.2) is 5.76 Å². The van der Waals surface area contributed by atoms with Crippen molar-refractivity contribution in [2.45, 2.75) is 26.3 Å². The maximum atomic E-state index is 13.0. The number of esters is 2. The molecule has 0 spiro atoms. The summed E-state index contributed by atoms with van der Waals surface area (Å²) in [5.41, 5.74) is 0.420. The van der Waals surface area contributed by atoms with E-state index in [1.807, 2.05) is 0 Å². The van der Waals surface area contributed by atoms with E-state index in [2.05, 4.69) is 10.3 Å². The predicted octanol–water partition coefficient (Wildman–Crippen LogP) is 2.20. The van der Waals surface area contributed by atoms with Crippen LogP contribution in [0.2, 0.25) is 0 Å². The van der Waals surface area contributed by atoms with Gasteiger partial charge >= 0.3 is 11.9 Å². The molecule has 0 fully saturated rings. The quantitative estimate of drug-likeness (QED) is 0.327. The lowest BCUT2D eigenvalue weighted by atomic mass is 9.90. The van der Waals surface area contributed by atoms with Crippen molar-refractivity contribution in [2.24, 2.45) is 0 Å². The van der Waals surface area contributed by atoms with Crippen LogP contribution in [0.25, 0.3) is 0 Å². The SMILES string of the molecule is COC(=O)[C@H](Cc1ccc(OC(=O)c2c(C)oc3c2C(=O)c2ncccc2C3=O)cc1)NC(C)=O. The molecule has 1 aromatic carbocycles. The van der Waals surface area contributed by atoms with Crippen molar-refractivity contribution < 1.29 is 37.9 Å². The number of aromatic nitrogens is 1. The van der Waals surface area contributed by atoms with E-state index in [-0.39, 0.29) is 52.0 Å². The van der Waals surface area contributed by atoms with Gasteiger partial charge < -0.3 is 19.2 Å². The Morgan fingerprint density at radius 2 is 1.80 bits per heavy atom. The van der Waals surface area contributed by atoms with E-state index in [0.29, 0.717) is 5.56 Å². The highest BCUT2D eigenvalue weighted by atomic mass is 16.5. The fourth-order valence-corrected chi connectivity index (χ4v) is 3.85. The molecular formula is C25H20N2O8. The highest BCUT2D eigenvalue weighted by molar-refractivity contribution is 6.29. The summed E-state index contributed by atoms with van der Waals surface area (Å²) in [5.74, 6) is -2.96. The third-order valence-electron chi connectivity index (χ3n) is 5.43. The Morgan fingerprint density at radius 1 is 1.09 bits per heavy atom. The lowest BCUT2D eigenvalue weighted by molar-refractivity contribution is -0.144. The minimum absolute atomic E-state index is 0.0523. The molecule has 1 amide bonds. The zero-order valence-electron chi connectivity index (χ0n) is 19.0. The van der Waals surface area contributed by atoms with E-state index < -0.39 is 29.5 Å². The van der Waals surface area contributed by atoms with Crippen LogP contribution in [0.1, 0.15) is 60.8 Å². The first-order chi connectivity index (χ1) is 16.7. The zero-order chi connectivity index (χ0) is 25.3. The number of aryl methyl sites for hydroxylation is 1. The van der Waals surface area contributed by atoms with Gasteiger partial charge in [0.1, 0.15) is 28.8 Å². The minimum Gasteiger partial charge on any atom is -0.467 e. The monoisotopic (exact) mass is 476 g/mol. The second-order valence-electron chi connectivity index (χ2n) is 7.81. The molecule has 0 saturated carbocycles. The normalized spacial score (nSPS) is 12.9. The molecule has 0 radical (unpaired) electrons. The average molecular weight is 476 g/mol. The van der Waals surface area contributed by atoms with Crippen molar-refractivity contribution in [3.63, 3.8) is 0 Å². The van der Waals surface area contributed by atoms with Crippen molar-refractivity contribution >= 4 is 29.4 Å². The zero-order valence-corrected chi connectivity index (χ0v) is 19.0. The smallest absolute Gasteiger partial charge is 0.347 e. The van der Waals surface area contributed by atoms with Crippen LogP contribution in [-0.4, -0.2) is 47.5 Å². The molecule has 35 heavy (non-hydrogen) atoms. The molecule has 0 aliphatic heterocycles. The highest BCUT2D eigenvalue weighted by Crippen LogP contribution is 2.33. The first kappa shape index (κ1) is 23.6. The summed E-state index contributed by atoms with van der Waals surface area (Å²) in [7, 11) is 1.23. The lowest BCUT2D eigenvalue weighted by Gasteiger charge is -2.15. The Labute approximate surface area is 199 Å². The molecule has 178 valence electrons. The number of carbonyl (C=O) groups excluding carboxylic acids is 5. The van der Waals surface area contributed by atoms with E-state index in [9.17, 15) is 24.0 Å². The topological polar surface area (TPSA) is 142 Å². The Kier molecular flexibility index (Phi) is 6.28.